The molecule has 4 aromatic heterocycles. The van der Waals surface area contributed by atoms with Gasteiger partial charge in [-0.15, -0.1) is 29.5 Å². The maximum Gasteiger partial charge on any atom is 0.216 e. The minimum atomic E-state index is -0.125. The molecule has 1 N–H and O–H groups in total. The Morgan fingerprint density at radius 3 is 2.37 bits per heavy atom. The van der Waals surface area contributed by atoms with Gasteiger partial charge in [-0.05, 0) is 56.6 Å². The maximum atomic E-state index is 10.0. The molecule has 4 heterocycles. The molecule has 38 heavy (non-hydrogen) atoms. The van der Waals surface area contributed by atoms with Crippen molar-refractivity contribution in [2.45, 2.75) is 27.7 Å². The Kier molecular flexibility index (Phi) is 8.22. The zero-order valence-corrected chi connectivity index (χ0v) is 24.5. The summed E-state index contributed by atoms with van der Waals surface area (Å²) in [6.45, 7) is 6.99. The van der Waals surface area contributed by atoms with Gasteiger partial charge in [-0.25, -0.2) is 4.98 Å². The van der Waals surface area contributed by atoms with Crippen molar-refractivity contribution in [2.75, 3.05) is 0 Å². The second kappa shape index (κ2) is 11.4. The molecule has 1 radical (unpaired) electrons. The van der Waals surface area contributed by atoms with E-state index >= 15 is 0 Å². The smallest absolute Gasteiger partial charge is 0.216 e. The van der Waals surface area contributed by atoms with E-state index in [0.29, 0.717) is 5.71 Å². The molecule has 0 amide bonds. The number of benzene rings is 2. The largest absolute Gasteiger partial charge is 0.512 e. The number of rotatable bonds is 3. The number of aliphatic hydroxyl groups excluding tert-OH is 1. The SMILES string of the molecule is CC(=O)/C=C(/C)O.Cc1ccc2c(n1)oc1c(-c3ccc4c(C)c(-c5ccccc5)sc4n3)[c-]ccc12.[Ir]. The van der Waals surface area contributed by atoms with Crippen LogP contribution in [0.5, 0.6) is 0 Å². The van der Waals surface area contributed by atoms with Gasteiger partial charge in [0.15, 0.2) is 5.78 Å². The number of aryl methyl sites for hydroxylation is 2. The number of hydrogen-bond donors (Lipinski definition) is 1. The number of nitrogens with zero attached hydrogens (tertiary/aromatic N) is 2. The first kappa shape index (κ1) is 27.4. The van der Waals surface area contributed by atoms with Gasteiger partial charge in [0.1, 0.15) is 4.83 Å². The van der Waals surface area contributed by atoms with Gasteiger partial charge in [-0.3, -0.25) is 9.78 Å². The number of fused-ring (bicyclic) bond motifs is 4. The van der Waals surface area contributed by atoms with Crippen LogP contribution in [0.3, 0.4) is 0 Å². The summed E-state index contributed by atoms with van der Waals surface area (Å²) in [6.07, 6.45) is 1.17. The maximum absolute atomic E-state index is 10.0. The van der Waals surface area contributed by atoms with Gasteiger partial charge in [-0.1, -0.05) is 53.4 Å². The zero-order chi connectivity index (χ0) is 26.1. The van der Waals surface area contributed by atoms with Crippen LogP contribution in [0.1, 0.15) is 25.1 Å². The Bertz CT molecular complexity index is 1800. The van der Waals surface area contributed by atoms with Gasteiger partial charge >= 0.3 is 0 Å². The molecule has 0 aliphatic rings. The number of hydrogen-bond acceptors (Lipinski definition) is 6. The molecule has 0 spiro atoms. The minimum Gasteiger partial charge on any atom is -0.512 e. The van der Waals surface area contributed by atoms with Gasteiger partial charge in [0.2, 0.25) is 5.71 Å². The van der Waals surface area contributed by atoms with Crippen LogP contribution in [0.2, 0.25) is 0 Å². The van der Waals surface area contributed by atoms with Crippen molar-refractivity contribution >= 4 is 49.4 Å². The molecular weight excluding hydrogens is 673 g/mol. The van der Waals surface area contributed by atoms with Crippen molar-refractivity contribution < 1.29 is 34.4 Å². The molecule has 0 unspecified atom stereocenters. The second-order valence-corrected chi connectivity index (χ2v) is 9.87. The van der Waals surface area contributed by atoms with Crippen LogP contribution < -0.4 is 0 Å². The van der Waals surface area contributed by atoms with E-state index in [9.17, 15) is 4.79 Å². The fourth-order valence-corrected chi connectivity index (χ4v) is 5.49. The first-order valence-electron chi connectivity index (χ1n) is 11.9. The third-order valence-corrected chi connectivity index (χ3v) is 7.20. The molecule has 7 heteroatoms. The number of carbonyl (C=O) groups is 1. The number of aliphatic hydroxyl groups is 1. The standard InChI is InChI=1S/C26H17N2OS.C5H8O2.Ir/c1-15-11-12-20-19-9-6-10-21(23(19)29-25(20)27-15)22-14-13-18-16(2)24(30-26(18)28-22)17-7-4-3-5-8-17;1-4(6)3-5(2)7;/h3-9,11-14H,1-2H3;3,6H,1-2H3;/q-1;;/b;4-3-;. The Morgan fingerprint density at radius 1 is 0.947 bits per heavy atom. The molecule has 0 atom stereocenters. The van der Waals surface area contributed by atoms with Crippen LogP contribution >= 0.6 is 11.3 Å². The van der Waals surface area contributed by atoms with Crippen LogP contribution in [0, 0.1) is 19.9 Å². The van der Waals surface area contributed by atoms with Crippen molar-refractivity contribution in [3.05, 3.63) is 95.9 Å². The summed E-state index contributed by atoms with van der Waals surface area (Å²) in [5, 5.41) is 11.6. The summed E-state index contributed by atoms with van der Waals surface area (Å²) in [6, 6.07) is 26.1. The van der Waals surface area contributed by atoms with Crippen molar-refractivity contribution in [1.29, 1.82) is 0 Å². The number of ketones is 1. The summed E-state index contributed by atoms with van der Waals surface area (Å²) in [4.78, 5) is 21.9. The molecule has 0 saturated heterocycles. The number of pyridine rings is 2. The molecular formula is C31H25IrN2O3S-. The predicted octanol–water partition coefficient (Wildman–Crippen LogP) is 8.38. The van der Waals surface area contributed by atoms with Crippen LogP contribution in [-0.4, -0.2) is 20.9 Å². The number of allylic oxidation sites excluding steroid dienone is 2. The predicted molar refractivity (Wildman–Crippen MR) is 151 cm³/mol. The van der Waals surface area contributed by atoms with E-state index in [1.54, 1.807) is 11.3 Å². The molecule has 6 aromatic rings. The zero-order valence-electron chi connectivity index (χ0n) is 21.3. The van der Waals surface area contributed by atoms with Gasteiger partial charge in [0.25, 0.3) is 0 Å². The number of thiophene rings is 1. The molecule has 0 aliphatic carbocycles. The van der Waals surface area contributed by atoms with Gasteiger partial charge in [0.05, 0.1) is 11.3 Å². The fourth-order valence-electron chi connectivity index (χ4n) is 4.30. The van der Waals surface area contributed by atoms with Crippen molar-refractivity contribution in [2.24, 2.45) is 0 Å². The van der Waals surface area contributed by atoms with E-state index in [0.717, 1.165) is 38.1 Å². The second-order valence-electron chi connectivity index (χ2n) is 8.87. The number of carbonyl (C=O) groups excluding carboxylic acids is 1. The summed E-state index contributed by atoms with van der Waals surface area (Å²) in [5.74, 6) is -0.0625. The average molecular weight is 698 g/mol. The first-order chi connectivity index (χ1) is 17.8. The molecule has 0 saturated carbocycles. The Hall–Kier alpha value is -3.64. The number of furan rings is 1. The Labute approximate surface area is 238 Å². The monoisotopic (exact) mass is 698 g/mol. The van der Waals surface area contributed by atoms with E-state index < -0.39 is 0 Å². The van der Waals surface area contributed by atoms with Gasteiger partial charge in [-0.2, -0.15) is 0 Å². The normalized spacial score (nSPS) is 11.3. The summed E-state index contributed by atoms with van der Waals surface area (Å²) in [5.41, 5.74) is 6.62. The van der Waals surface area contributed by atoms with Crippen LogP contribution in [0.15, 0.2) is 83.0 Å². The molecule has 193 valence electrons. The van der Waals surface area contributed by atoms with Crippen LogP contribution in [-0.2, 0) is 24.9 Å². The molecule has 5 nitrogen and oxygen atoms in total. The van der Waals surface area contributed by atoms with E-state index in [4.69, 9.17) is 14.5 Å². The van der Waals surface area contributed by atoms with Crippen molar-refractivity contribution in [1.82, 2.24) is 9.97 Å². The van der Waals surface area contributed by atoms with Crippen molar-refractivity contribution in [3.63, 3.8) is 0 Å². The number of aromatic nitrogens is 2. The van der Waals surface area contributed by atoms with E-state index in [-0.39, 0.29) is 31.6 Å². The third kappa shape index (κ3) is 5.46. The third-order valence-electron chi connectivity index (χ3n) is 5.95. The summed E-state index contributed by atoms with van der Waals surface area (Å²) < 4.78 is 6.15. The Morgan fingerprint density at radius 2 is 1.68 bits per heavy atom. The Balaban J connectivity index is 0.000000375. The minimum absolute atomic E-state index is 0. The van der Waals surface area contributed by atoms with Crippen LogP contribution in [0.4, 0.5) is 0 Å². The van der Waals surface area contributed by atoms with E-state index in [2.05, 4.69) is 60.4 Å². The van der Waals surface area contributed by atoms with E-state index in [1.807, 2.05) is 31.2 Å². The van der Waals surface area contributed by atoms with Crippen molar-refractivity contribution in [3.8, 4) is 21.7 Å². The molecule has 6 rings (SSSR count). The van der Waals surface area contributed by atoms with Crippen LogP contribution in [0.25, 0.3) is 54.0 Å². The summed E-state index contributed by atoms with van der Waals surface area (Å²) in [7, 11) is 0. The first-order valence-corrected chi connectivity index (χ1v) is 12.7. The molecule has 0 aliphatic heterocycles. The quantitative estimate of drug-likeness (QED) is 0.114. The molecule has 0 bridgehead atoms. The van der Waals surface area contributed by atoms with E-state index in [1.165, 1.54) is 41.3 Å². The molecule has 0 fully saturated rings. The van der Waals surface area contributed by atoms with Gasteiger partial charge < -0.3 is 9.52 Å². The van der Waals surface area contributed by atoms with Gasteiger partial charge in [0, 0.05) is 47.5 Å². The molecule has 2 aromatic carbocycles. The summed E-state index contributed by atoms with van der Waals surface area (Å²) >= 11 is 1.73. The topological polar surface area (TPSA) is 76.2 Å². The average Bonchev–Trinajstić information content (AvgIpc) is 3.40. The fraction of sp³-hybridized carbons (Fsp3) is 0.129.